The van der Waals surface area contributed by atoms with Crippen LogP contribution in [0.5, 0.6) is 11.5 Å². The SMILES string of the molecule is O=[N+]([O-])c1ccccc1-c1nc(S(=O)(=O)c2ccc3c(c2)OCCO3)c(NC2CC2)o1. The van der Waals surface area contributed by atoms with Crippen LogP contribution >= 0.6 is 0 Å². The lowest BCUT2D eigenvalue weighted by Gasteiger charge is -2.18. The number of benzene rings is 2. The highest BCUT2D eigenvalue weighted by molar-refractivity contribution is 7.91. The van der Waals surface area contributed by atoms with Gasteiger partial charge in [0.05, 0.1) is 9.82 Å². The molecule has 0 atom stereocenters. The van der Waals surface area contributed by atoms with Crippen molar-refractivity contribution in [3.8, 4) is 23.0 Å². The van der Waals surface area contributed by atoms with Gasteiger partial charge in [0, 0.05) is 18.2 Å². The molecule has 2 aromatic carbocycles. The molecule has 1 aromatic heterocycles. The molecule has 0 bridgehead atoms. The fourth-order valence-electron chi connectivity index (χ4n) is 3.22. The van der Waals surface area contributed by atoms with Crippen LogP contribution in [-0.4, -0.2) is 37.6 Å². The van der Waals surface area contributed by atoms with Gasteiger partial charge in [0.25, 0.3) is 5.69 Å². The number of oxazole rings is 1. The molecular weight excluding hydrogens is 426 g/mol. The Balaban J connectivity index is 1.62. The van der Waals surface area contributed by atoms with E-state index in [1.165, 1.54) is 36.4 Å². The molecule has 0 unspecified atom stereocenters. The van der Waals surface area contributed by atoms with Crippen molar-refractivity contribution in [1.82, 2.24) is 4.98 Å². The first-order valence-electron chi connectivity index (χ1n) is 9.59. The second kappa shape index (κ2) is 7.27. The molecule has 2 aliphatic rings. The van der Waals surface area contributed by atoms with Crippen molar-refractivity contribution in [2.75, 3.05) is 18.5 Å². The van der Waals surface area contributed by atoms with Crippen LogP contribution in [0, 0.1) is 10.1 Å². The average Bonchev–Trinajstić information content (AvgIpc) is 3.49. The summed E-state index contributed by atoms with van der Waals surface area (Å²) >= 11 is 0. The summed E-state index contributed by atoms with van der Waals surface area (Å²) in [4.78, 5) is 15.0. The number of nitrogens with zero attached hydrogens (tertiary/aromatic N) is 2. The molecule has 0 amide bonds. The molecule has 0 radical (unpaired) electrons. The van der Waals surface area contributed by atoms with E-state index in [4.69, 9.17) is 13.9 Å². The predicted molar refractivity (Wildman–Crippen MR) is 108 cm³/mol. The number of ether oxygens (including phenoxy) is 2. The topological polar surface area (TPSA) is 134 Å². The van der Waals surface area contributed by atoms with E-state index in [0.29, 0.717) is 24.7 Å². The highest BCUT2D eigenvalue weighted by atomic mass is 32.2. The lowest BCUT2D eigenvalue weighted by Crippen LogP contribution is -2.16. The van der Waals surface area contributed by atoms with Crippen LogP contribution in [0.2, 0.25) is 0 Å². The second-order valence-corrected chi connectivity index (χ2v) is 9.02. The zero-order valence-corrected chi connectivity index (χ0v) is 16.9. The molecule has 10 nitrogen and oxygen atoms in total. The number of nitrogens with one attached hydrogen (secondary N) is 1. The minimum Gasteiger partial charge on any atom is -0.486 e. The van der Waals surface area contributed by atoms with Crippen molar-refractivity contribution in [2.45, 2.75) is 28.8 Å². The Morgan fingerprint density at radius 1 is 1.06 bits per heavy atom. The summed E-state index contributed by atoms with van der Waals surface area (Å²) < 4.78 is 43.5. The molecule has 2 heterocycles. The molecular formula is C20H17N3O7S. The van der Waals surface area contributed by atoms with Crippen molar-refractivity contribution in [1.29, 1.82) is 0 Å². The Bertz CT molecular complexity index is 1280. The molecule has 31 heavy (non-hydrogen) atoms. The quantitative estimate of drug-likeness (QED) is 0.449. The number of hydrogen-bond acceptors (Lipinski definition) is 9. The predicted octanol–water partition coefficient (Wildman–Crippen LogP) is 3.43. The lowest BCUT2D eigenvalue weighted by molar-refractivity contribution is -0.384. The number of rotatable bonds is 6. The van der Waals surface area contributed by atoms with Crippen molar-refractivity contribution in [3.05, 3.63) is 52.6 Å². The number of anilines is 1. The Hall–Kier alpha value is -3.60. The van der Waals surface area contributed by atoms with Gasteiger partial charge in [-0.2, -0.15) is 4.98 Å². The zero-order chi connectivity index (χ0) is 21.6. The molecule has 5 rings (SSSR count). The molecule has 11 heteroatoms. The van der Waals surface area contributed by atoms with Crippen LogP contribution in [0.1, 0.15) is 12.8 Å². The smallest absolute Gasteiger partial charge is 0.282 e. The van der Waals surface area contributed by atoms with Crippen LogP contribution in [-0.2, 0) is 9.84 Å². The molecule has 1 saturated carbocycles. The van der Waals surface area contributed by atoms with E-state index in [2.05, 4.69) is 10.3 Å². The van der Waals surface area contributed by atoms with E-state index in [1.54, 1.807) is 6.07 Å². The van der Waals surface area contributed by atoms with E-state index in [9.17, 15) is 18.5 Å². The molecule has 0 saturated heterocycles. The van der Waals surface area contributed by atoms with Gasteiger partial charge in [-0.15, -0.1) is 0 Å². The van der Waals surface area contributed by atoms with Crippen LogP contribution in [0.4, 0.5) is 11.6 Å². The first-order valence-corrected chi connectivity index (χ1v) is 11.1. The Morgan fingerprint density at radius 2 is 1.81 bits per heavy atom. The van der Waals surface area contributed by atoms with E-state index >= 15 is 0 Å². The Labute approximate surface area is 176 Å². The minimum atomic E-state index is -4.11. The number of fused-ring (bicyclic) bond motifs is 1. The van der Waals surface area contributed by atoms with Gasteiger partial charge in [0.15, 0.2) is 11.5 Å². The number of sulfone groups is 1. The van der Waals surface area contributed by atoms with E-state index < -0.39 is 14.8 Å². The van der Waals surface area contributed by atoms with Gasteiger partial charge in [-0.3, -0.25) is 10.1 Å². The number of nitro groups is 1. The first-order chi connectivity index (χ1) is 14.9. The molecule has 1 fully saturated rings. The van der Waals surface area contributed by atoms with Crippen molar-refractivity contribution in [3.63, 3.8) is 0 Å². The fraction of sp³-hybridized carbons (Fsp3) is 0.250. The van der Waals surface area contributed by atoms with Gasteiger partial charge in [-0.05, 0) is 31.0 Å². The van der Waals surface area contributed by atoms with Crippen molar-refractivity contribution >= 4 is 21.4 Å². The maximum Gasteiger partial charge on any atom is 0.282 e. The number of aromatic nitrogens is 1. The van der Waals surface area contributed by atoms with Gasteiger partial charge in [-0.1, -0.05) is 12.1 Å². The normalized spacial score (nSPS) is 15.5. The summed E-state index contributed by atoms with van der Waals surface area (Å²) in [7, 11) is -4.11. The van der Waals surface area contributed by atoms with E-state index in [0.717, 1.165) is 12.8 Å². The fourth-order valence-corrected chi connectivity index (χ4v) is 4.50. The van der Waals surface area contributed by atoms with Gasteiger partial charge in [-0.25, -0.2) is 8.42 Å². The summed E-state index contributed by atoms with van der Waals surface area (Å²) in [6.07, 6.45) is 1.73. The lowest BCUT2D eigenvalue weighted by atomic mass is 10.2. The summed E-state index contributed by atoms with van der Waals surface area (Å²) in [5.74, 6) is 0.603. The maximum atomic E-state index is 13.4. The number of hydrogen-bond donors (Lipinski definition) is 1. The van der Waals surface area contributed by atoms with Crippen molar-refractivity contribution < 1.29 is 27.2 Å². The Morgan fingerprint density at radius 3 is 2.55 bits per heavy atom. The van der Waals surface area contributed by atoms with Crippen LogP contribution in [0.15, 0.2) is 56.8 Å². The molecule has 1 aliphatic carbocycles. The number of para-hydroxylation sites is 1. The molecule has 1 aliphatic heterocycles. The molecule has 0 spiro atoms. The standard InChI is InChI=1S/C20H17N3O7S/c24-23(25)15-4-2-1-3-14(15)18-22-20(19(30-18)21-12-5-6-12)31(26,27)13-7-8-16-17(11-13)29-10-9-28-16/h1-4,7-8,11-12,21H,5-6,9-10H2. The van der Waals surface area contributed by atoms with Gasteiger partial charge in [0.2, 0.25) is 26.6 Å². The first kappa shape index (κ1) is 19.4. The second-order valence-electron chi connectivity index (χ2n) is 7.16. The van der Waals surface area contributed by atoms with Gasteiger partial charge >= 0.3 is 0 Å². The van der Waals surface area contributed by atoms with Crippen LogP contribution < -0.4 is 14.8 Å². The monoisotopic (exact) mass is 443 g/mol. The summed E-state index contributed by atoms with van der Waals surface area (Å²) in [5.41, 5.74) is -0.139. The average molecular weight is 443 g/mol. The van der Waals surface area contributed by atoms with Crippen LogP contribution in [0.25, 0.3) is 11.5 Å². The van der Waals surface area contributed by atoms with Crippen LogP contribution in [0.3, 0.4) is 0 Å². The highest BCUT2D eigenvalue weighted by Crippen LogP contribution is 2.39. The maximum absolute atomic E-state index is 13.4. The third kappa shape index (κ3) is 3.56. The zero-order valence-electron chi connectivity index (χ0n) is 16.1. The van der Waals surface area contributed by atoms with E-state index in [1.807, 2.05) is 0 Å². The highest BCUT2D eigenvalue weighted by Gasteiger charge is 2.34. The summed E-state index contributed by atoms with van der Waals surface area (Å²) in [6, 6.07) is 10.3. The van der Waals surface area contributed by atoms with Gasteiger partial charge in [0.1, 0.15) is 18.8 Å². The molecule has 1 N–H and O–H groups in total. The molecule has 3 aromatic rings. The minimum absolute atomic E-state index is 0.0365. The molecule has 160 valence electrons. The summed E-state index contributed by atoms with van der Waals surface area (Å²) in [6.45, 7) is 0.702. The van der Waals surface area contributed by atoms with Gasteiger partial charge < -0.3 is 19.2 Å². The third-order valence-corrected chi connectivity index (χ3v) is 6.58. The Kier molecular flexibility index (Phi) is 4.54. The largest absolute Gasteiger partial charge is 0.486 e. The number of nitro benzene ring substituents is 1. The summed E-state index contributed by atoms with van der Waals surface area (Å²) in [5, 5.41) is 14.1. The third-order valence-electron chi connectivity index (χ3n) is 4.92. The van der Waals surface area contributed by atoms with Crippen molar-refractivity contribution in [2.24, 2.45) is 0 Å². The van der Waals surface area contributed by atoms with E-state index in [-0.39, 0.29) is 39.0 Å².